The van der Waals surface area contributed by atoms with Crippen LogP contribution in [-0.4, -0.2) is 15.4 Å². The van der Waals surface area contributed by atoms with Gasteiger partial charge in [-0.15, -0.1) is 11.6 Å². The fourth-order valence-electron chi connectivity index (χ4n) is 2.28. The van der Waals surface area contributed by atoms with E-state index in [4.69, 9.17) is 23.2 Å². The highest BCUT2D eigenvalue weighted by Gasteiger charge is 2.15. The van der Waals surface area contributed by atoms with Crippen molar-refractivity contribution in [1.29, 1.82) is 0 Å². The summed E-state index contributed by atoms with van der Waals surface area (Å²) >= 11 is 11.5. The molecule has 0 aliphatic rings. The summed E-state index contributed by atoms with van der Waals surface area (Å²) < 4.78 is 29.3. The summed E-state index contributed by atoms with van der Waals surface area (Å²) in [7, 11) is 0. The molecule has 0 fully saturated rings. The molecule has 1 heterocycles. The first-order chi connectivity index (χ1) is 10.1. The number of aromatic nitrogens is 2. The van der Waals surface area contributed by atoms with Gasteiger partial charge in [-0.3, -0.25) is 4.57 Å². The van der Waals surface area contributed by atoms with Crippen molar-refractivity contribution in [3.63, 3.8) is 0 Å². The van der Waals surface area contributed by atoms with Crippen LogP contribution in [0.2, 0.25) is 5.02 Å². The number of hydrogen-bond acceptors (Lipinski definition) is 1. The second-order valence-electron chi connectivity index (χ2n) is 4.51. The molecule has 0 aliphatic carbocycles. The van der Waals surface area contributed by atoms with Crippen molar-refractivity contribution < 1.29 is 8.78 Å². The Balaban J connectivity index is 2.30. The number of halogens is 4. The summed E-state index contributed by atoms with van der Waals surface area (Å²) in [5.41, 5.74) is 1.34. The first kappa shape index (κ1) is 14.3. The molecule has 0 aliphatic heterocycles. The smallest absolute Gasteiger partial charge is 0.151 e. The molecule has 0 bridgehead atoms. The van der Waals surface area contributed by atoms with Crippen LogP contribution < -0.4 is 0 Å². The first-order valence-corrected chi connectivity index (χ1v) is 7.20. The Kier molecular flexibility index (Phi) is 3.83. The fraction of sp³-hybridized carbons (Fsp3) is 0.133. The van der Waals surface area contributed by atoms with E-state index in [9.17, 15) is 8.78 Å². The third-order valence-electron chi connectivity index (χ3n) is 3.18. The van der Waals surface area contributed by atoms with Crippen LogP contribution in [0.25, 0.3) is 16.7 Å². The number of alkyl halides is 1. The SMILES string of the molecule is Fc1cc(-n2c(CCCl)nc3c(F)cccc32)ccc1Cl. The van der Waals surface area contributed by atoms with Crippen LogP contribution >= 0.6 is 23.2 Å². The highest BCUT2D eigenvalue weighted by Crippen LogP contribution is 2.26. The van der Waals surface area contributed by atoms with Gasteiger partial charge in [0.1, 0.15) is 17.2 Å². The summed E-state index contributed by atoms with van der Waals surface area (Å²) in [5, 5.41) is 0.0354. The molecular formula is C15H10Cl2F2N2. The van der Waals surface area contributed by atoms with E-state index in [1.165, 1.54) is 18.2 Å². The molecule has 2 nitrogen and oxygen atoms in total. The maximum absolute atomic E-state index is 13.9. The number of benzene rings is 2. The molecule has 3 aromatic rings. The van der Waals surface area contributed by atoms with Gasteiger partial charge >= 0.3 is 0 Å². The molecule has 0 unspecified atom stereocenters. The van der Waals surface area contributed by atoms with Gasteiger partial charge in [-0.1, -0.05) is 17.7 Å². The van der Waals surface area contributed by atoms with Gasteiger partial charge in [-0.25, -0.2) is 13.8 Å². The second-order valence-corrected chi connectivity index (χ2v) is 5.29. The Morgan fingerprint density at radius 2 is 1.90 bits per heavy atom. The standard InChI is InChI=1S/C15H10Cl2F2N2/c16-7-6-14-20-15-11(18)2-1-3-13(15)21(14)9-4-5-10(17)12(19)8-9/h1-5,8H,6-7H2. The Morgan fingerprint density at radius 3 is 2.62 bits per heavy atom. The van der Waals surface area contributed by atoms with E-state index < -0.39 is 11.6 Å². The van der Waals surface area contributed by atoms with Crippen LogP contribution in [0, 0.1) is 11.6 Å². The van der Waals surface area contributed by atoms with Crippen LogP contribution in [0.1, 0.15) is 5.82 Å². The molecule has 0 N–H and O–H groups in total. The monoisotopic (exact) mass is 326 g/mol. The number of hydrogen-bond donors (Lipinski definition) is 0. The van der Waals surface area contributed by atoms with E-state index in [-0.39, 0.29) is 10.5 Å². The number of nitrogens with zero attached hydrogens (tertiary/aromatic N) is 2. The Morgan fingerprint density at radius 1 is 1.10 bits per heavy atom. The number of rotatable bonds is 3. The summed E-state index contributed by atoms with van der Waals surface area (Å²) in [6, 6.07) is 9.08. The van der Waals surface area contributed by atoms with E-state index in [0.717, 1.165) is 0 Å². The highest BCUT2D eigenvalue weighted by atomic mass is 35.5. The van der Waals surface area contributed by atoms with Crippen molar-refractivity contribution in [2.75, 3.05) is 5.88 Å². The number of aryl methyl sites for hydroxylation is 1. The normalized spacial score (nSPS) is 11.2. The van der Waals surface area contributed by atoms with Gasteiger partial charge in [0.05, 0.1) is 16.2 Å². The molecule has 0 saturated heterocycles. The summed E-state index contributed by atoms with van der Waals surface area (Å²) in [5.74, 6) is -0.0475. The molecule has 21 heavy (non-hydrogen) atoms. The van der Waals surface area contributed by atoms with Crippen LogP contribution in [0.15, 0.2) is 36.4 Å². The molecule has 0 amide bonds. The summed E-state index contributed by atoms with van der Waals surface area (Å²) in [4.78, 5) is 4.28. The van der Waals surface area contributed by atoms with Gasteiger partial charge in [-0.2, -0.15) is 0 Å². The van der Waals surface area contributed by atoms with E-state index in [1.54, 1.807) is 22.8 Å². The zero-order valence-electron chi connectivity index (χ0n) is 10.8. The van der Waals surface area contributed by atoms with Gasteiger partial charge in [0, 0.05) is 12.3 Å². The Bertz CT molecular complexity index is 815. The molecule has 0 radical (unpaired) electrons. The molecule has 108 valence electrons. The van der Waals surface area contributed by atoms with Crippen molar-refractivity contribution in [1.82, 2.24) is 9.55 Å². The minimum atomic E-state index is -0.538. The van der Waals surface area contributed by atoms with Crippen LogP contribution in [0.4, 0.5) is 8.78 Å². The van der Waals surface area contributed by atoms with Crippen LogP contribution in [0.5, 0.6) is 0 Å². The lowest BCUT2D eigenvalue weighted by Gasteiger charge is -2.09. The van der Waals surface area contributed by atoms with Gasteiger partial charge in [-0.05, 0) is 30.3 Å². The van der Waals surface area contributed by atoms with Crippen molar-refractivity contribution in [2.24, 2.45) is 0 Å². The van der Waals surface area contributed by atoms with Crippen LogP contribution in [0.3, 0.4) is 0 Å². The zero-order valence-corrected chi connectivity index (χ0v) is 12.3. The Hall–Kier alpha value is -1.65. The number of fused-ring (bicyclic) bond motifs is 1. The second kappa shape index (κ2) is 5.62. The first-order valence-electron chi connectivity index (χ1n) is 6.29. The van der Waals surface area contributed by atoms with E-state index in [0.29, 0.717) is 29.3 Å². The zero-order chi connectivity index (χ0) is 15.0. The predicted molar refractivity (Wildman–Crippen MR) is 80.4 cm³/mol. The molecule has 0 atom stereocenters. The molecule has 2 aromatic carbocycles. The number of para-hydroxylation sites is 1. The van der Waals surface area contributed by atoms with Crippen molar-refractivity contribution >= 4 is 34.2 Å². The van der Waals surface area contributed by atoms with Gasteiger partial charge < -0.3 is 0 Å². The van der Waals surface area contributed by atoms with Crippen molar-refractivity contribution in [3.8, 4) is 5.69 Å². The molecule has 6 heteroatoms. The average molecular weight is 327 g/mol. The lowest BCUT2D eigenvalue weighted by Crippen LogP contribution is -2.02. The molecule has 1 aromatic heterocycles. The summed E-state index contributed by atoms with van der Waals surface area (Å²) in [6.45, 7) is 0. The Labute approximate surface area is 129 Å². The molecule has 3 rings (SSSR count). The van der Waals surface area contributed by atoms with Gasteiger partial charge in [0.25, 0.3) is 0 Å². The average Bonchev–Trinajstić information content (AvgIpc) is 2.82. The lowest BCUT2D eigenvalue weighted by molar-refractivity contribution is 0.627. The summed E-state index contributed by atoms with van der Waals surface area (Å²) in [6.07, 6.45) is 0.444. The quantitative estimate of drug-likeness (QED) is 0.636. The van der Waals surface area contributed by atoms with Gasteiger partial charge in [0.2, 0.25) is 0 Å². The maximum Gasteiger partial charge on any atom is 0.151 e. The topological polar surface area (TPSA) is 17.8 Å². The van der Waals surface area contributed by atoms with Crippen molar-refractivity contribution in [3.05, 3.63) is 58.9 Å². The fourth-order valence-corrected chi connectivity index (χ4v) is 2.56. The van der Waals surface area contributed by atoms with Gasteiger partial charge in [0.15, 0.2) is 5.82 Å². The predicted octanol–water partition coefficient (Wildman–Crippen LogP) is 4.74. The molecule has 0 saturated carbocycles. The van der Waals surface area contributed by atoms with E-state index >= 15 is 0 Å². The van der Waals surface area contributed by atoms with E-state index in [1.807, 2.05) is 0 Å². The lowest BCUT2D eigenvalue weighted by atomic mass is 10.2. The highest BCUT2D eigenvalue weighted by molar-refractivity contribution is 6.30. The maximum atomic E-state index is 13.9. The van der Waals surface area contributed by atoms with E-state index in [2.05, 4.69) is 4.98 Å². The molecular weight excluding hydrogens is 317 g/mol. The molecule has 0 spiro atoms. The minimum Gasteiger partial charge on any atom is -0.296 e. The van der Waals surface area contributed by atoms with Crippen molar-refractivity contribution in [2.45, 2.75) is 6.42 Å². The van der Waals surface area contributed by atoms with Crippen LogP contribution in [-0.2, 0) is 6.42 Å². The minimum absolute atomic E-state index is 0.0354. The third-order valence-corrected chi connectivity index (χ3v) is 3.68. The number of imidazole rings is 1. The largest absolute Gasteiger partial charge is 0.296 e. The third kappa shape index (κ3) is 2.49.